The fourth-order valence-corrected chi connectivity index (χ4v) is 2.97. The SMILES string of the molecule is CC(C)OCc1ccc(C(=O)NN(Cc2ccccc2)Cc2ccccc2)cc1. The Morgan fingerprint density at radius 2 is 1.31 bits per heavy atom. The van der Waals surface area contributed by atoms with E-state index in [0.717, 1.165) is 16.7 Å². The van der Waals surface area contributed by atoms with Crippen LogP contribution < -0.4 is 5.43 Å². The molecule has 0 atom stereocenters. The number of hydrazine groups is 1. The molecule has 0 aliphatic carbocycles. The second-order valence-corrected chi connectivity index (χ2v) is 7.32. The zero-order chi connectivity index (χ0) is 20.5. The molecule has 0 unspecified atom stereocenters. The minimum atomic E-state index is -0.117. The third-order valence-electron chi connectivity index (χ3n) is 4.49. The number of nitrogens with zero attached hydrogens (tertiary/aromatic N) is 1. The summed E-state index contributed by atoms with van der Waals surface area (Å²) in [6.07, 6.45) is 0.183. The van der Waals surface area contributed by atoms with Crippen molar-refractivity contribution in [2.45, 2.75) is 39.6 Å². The van der Waals surface area contributed by atoms with Crippen LogP contribution in [0.1, 0.15) is 40.9 Å². The minimum Gasteiger partial charge on any atom is -0.374 e. The average Bonchev–Trinajstić information content (AvgIpc) is 2.74. The molecule has 0 aliphatic heterocycles. The standard InChI is InChI=1S/C25H28N2O2/c1-20(2)29-19-23-13-15-24(16-14-23)25(28)26-27(17-21-9-5-3-6-10-21)18-22-11-7-4-8-12-22/h3-16,20H,17-19H2,1-2H3,(H,26,28). The highest BCUT2D eigenvalue weighted by Gasteiger charge is 2.13. The molecule has 0 radical (unpaired) electrons. The van der Waals surface area contributed by atoms with Crippen molar-refractivity contribution in [3.63, 3.8) is 0 Å². The number of rotatable bonds is 9. The highest BCUT2D eigenvalue weighted by Crippen LogP contribution is 2.11. The molecule has 0 saturated heterocycles. The molecule has 0 spiro atoms. The summed E-state index contributed by atoms with van der Waals surface area (Å²) < 4.78 is 5.62. The van der Waals surface area contributed by atoms with E-state index in [1.807, 2.05) is 79.5 Å². The first-order valence-corrected chi connectivity index (χ1v) is 9.94. The molecule has 29 heavy (non-hydrogen) atoms. The molecule has 3 aromatic carbocycles. The largest absolute Gasteiger partial charge is 0.374 e. The van der Waals surface area contributed by atoms with Gasteiger partial charge in [0.25, 0.3) is 5.91 Å². The first-order valence-electron chi connectivity index (χ1n) is 9.94. The molecule has 3 aromatic rings. The summed E-state index contributed by atoms with van der Waals surface area (Å²) in [6.45, 7) is 5.82. The smallest absolute Gasteiger partial charge is 0.265 e. The molecule has 4 heteroatoms. The topological polar surface area (TPSA) is 41.6 Å². The molecule has 0 heterocycles. The molecular formula is C25H28N2O2. The highest BCUT2D eigenvalue weighted by molar-refractivity contribution is 5.93. The van der Waals surface area contributed by atoms with Crippen molar-refractivity contribution in [2.75, 3.05) is 0 Å². The maximum absolute atomic E-state index is 12.8. The van der Waals surface area contributed by atoms with E-state index in [2.05, 4.69) is 29.7 Å². The summed E-state index contributed by atoms with van der Waals surface area (Å²) in [6, 6.07) is 27.9. The number of hydrogen-bond acceptors (Lipinski definition) is 3. The summed E-state index contributed by atoms with van der Waals surface area (Å²) in [7, 11) is 0. The van der Waals surface area contributed by atoms with Crippen molar-refractivity contribution in [2.24, 2.45) is 0 Å². The number of nitrogens with one attached hydrogen (secondary N) is 1. The van der Waals surface area contributed by atoms with Crippen molar-refractivity contribution >= 4 is 5.91 Å². The maximum atomic E-state index is 12.8. The van der Waals surface area contributed by atoms with Gasteiger partial charge in [0.05, 0.1) is 12.7 Å². The first-order chi connectivity index (χ1) is 14.1. The molecule has 150 valence electrons. The van der Waals surface area contributed by atoms with Gasteiger partial charge in [0.1, 0.15) is 0 Å². The van der Waals surface area contributed by atoms with Crippen LogP contribution in [0.4, 0.5) is 0 Å². The number of hydrogen-bond donors (Lipinski definition) is 1. The predicted molar refractivity (Wildman–Crippen MR) is 116 cm³/mol. The fraction of sp³-hybridized carbons (Fsp3) is 0.240. The van der Waals surface area contributed by atoms with Gasteiger partial charge in [-0.1, -0.05) is 72.8 Å². The van der Waals surface area contributed by atoms with Crippen molar-refractivity contribution < 1.29 is 9.53 Å². The van der Waals surface area contributed by atoms with Crippen LogP contribution in [0.3, 0.4) is 0 Å². The van der Waals surface area contributed by atoms with Gasteiger partial charge in [0, 0.05) is 18.7 Å². The Bertz CT molecular complexity index is 836. The third-order valence-corrected chi connectivity index (χ3v) is 4.49. The lowest BCUT2D eigenvalue weighted by Gasteiger charge is -2.23. The lowest BCUT2D eigenvalue weighted by molar-refractivity contribution is 0.0656. The van der Waals surface area contributed by atoms with Crippen molar-refractivity contribution in [1.82, 2.24) is 10.4 Å². The Kier molecular flexibility index (Phi) is 7.56. The van der Waals surface area contributed by atoms with Gasteiger partial charge in [-0.25, -0.2) is 5.01 Å². The summed E-state index contributed by atoms with van der Waals surface area (Å²) >= 11 is 0. The van der Waals surface area contributed by atoms with Gasteiger partial charge < -0.3 is 4.74 Å². The molecule has 0 aromatic heterocycles. The minimum absolute atomic E-state index is 0.117. The molecule has 0 saturated carbocycles. The van der Waals surface area contributed by atoms with Crippen LogP contribution >= 0.6 is 0 Å². The normalized spacial score (nSPS) is 11.0. The van der Waals surface area contributed by atoms with E-state index in [-0.39, 0.29) is 12.0 Å². The summed E-state index contributed by atoms with van der Waals surface area (Å²) in [5.74, 6) is -0.117. The Balaban J connectivity index is 1.68. The summed E-state index contributed by atoms with van der Waals surface area (Å²) in [5, 5.41) is 1.95. The lowest BCUT2D eigenvalue weighted by atomic mass is 10.1. The molecule has 1 N–H and O–H groups in total. The molecule has 1 amide bonds. The molecule has 0 fully saturated rings. The molecule has 4 nitrogen and oxygen atoms in total. The maximum Gasteiger partial charge on any atom is 0.265 e. The van der Waals surface area contributed by atoms with E-state index in [4.69, 9.17) is 4.74 Å². The fourth-order valence-electron chi connectivity index (χ4n) is 2.97. The monoisotopic (exact) mass is 388 g/mol. The van der Waals surface area contributed by atoms with Crippen LogP contribution in [0.15, 0.2) is 84.9 Å². The molecule has 3 rings (SSSR count). The van der Waals surface area contributed by atoms with Gasteiger partial charge in [0.2, 0.25) is 0 Å². The lowest BCUT2D eigenvalue weighted by Crippen LogP contribution is -2.41. The molecule has 0 bridgehead atoms. The Morgan fingerprint density at radius 1 is 0.793 bits per heavy atom. The summed E-state index contributed by atoms with van der Waals surface area (Å²) in [4.78, 5) is 12.8. The summed E-state index contributed by atoms with van der Waals surface area (Å²) in [5.41, 5.74) is 7.04. The first kappa shape index (κ1) is 20.8. The number of ether oxygens (including phenoxy) is 1. The second-order valence-electron chi connectivity index (χ2n) is 7.32. The van der Waals surface area contributed by atoms with Crippen LogP contribution in [0.2, 0.25) is 0 Å². The van der Waals surface area contributed by atoms with Crippen molar-refractivity contribution in [1.29, 1.82) is 0 Å². The third kappa shape index (κ3) is 6.86. The van der Waals surface area contributed by atoms with Gasteiger partial charge in [-0.2, -0.15) is 0 Å². The van der Waals surface area contributed by atoms with Crippen molar-refractivity contribution in [3.05, 3.63) is 107 Å². The van der Waals surface area contributed by atoms with Gasteiger partial charge in [-0.05, 0) is 42.7 Å². The Hall–Kier alpha value is -2.95. The van der Waals surface area contributed by atoms with E-state index < -0.39 is 0 Å². The van der Waals surface area contributed by atoms with Crippen LogP contribution in [0.5, 0.6) is 0 Å². The Morgan fingerprint density at radius 3 is 1.79 bits per heavy atom. The zero-order valence-corrected chi connectivity index (χ0v) is 17.0. The number of benzene rings is 3. The van der Waals surface area contributed by atoms with E-state index >= 15 is 0 Å². The van der Waals surface area contributed by atoms with Crippen LogP contribution in [0, 0.1) is 0 Å². The van der Waals surface area contributed by atoms with Gasteiger partial charge in [-0.15, -0.1) is 0 Å². The van der Waals surface area contributed by atoms with Gasteiger partial charge in [-0.3, -0.25) is 10.2 Å². The number of carbonyl (C=O) groups excluding carboxylic acids is 1. The average molecular weight is 389 g/mol. The molecular weight excluding hydrogens is 360 g/mol. The predicted octanol–water partition coefficient (Wildman–Crippen LogP) is 4.96. The van der Waals surface area contributed by atoms with Gasteiger partial charge >= 0.3 is 0 Å². The van der Waals surface area contributed by atoms with Crippen LogP contribution in [0.25, 0.3) is 0 Å². The van der Waals surface area contributed by atoms with E-state index in [0.29, 0.717) is 25.3 Å². The van der Waals surface area contributed by atoms with E-state index in [1.54, 1.807) is 0 Å². The Labute approximate surface area is 173 Å². The quantitative estimate of drug-likeness (QED) is 0.527. The number of amides is 1. The van der Waals surface area contributed by atoms with Crippen LogP contribution in [-0.4, -0.2) is 17.0 Å². The van der Waals surface area contributed by atoms with Gasteiger partial charge in [0.15, 0.2) is 0 Å². The second kappa shape index (κ2) is 10.6. The number of carbonyl (C=O) groups is 1. The highest BCUT2D eigenvalue weighted by atomic mass is 16.5. The van der Waals surface area contributed by atoms with Crippen molar-refractivity contribution in [3.8, 4) is 0 Å². The molecule has 0 aliphatic rings. The van der Waals surface area contributed by atoms with E-state index in [1.165, 1.54) is 0 Å². The van der Waals surface area contributed by atoms with E-state index in [9.17, 15) is 4.79 Å². The zero-order valence-electron chi connectivity index (χ0n) is 17.0. The van der Waals surface area contributed by atoms with Crippen LogP contribution in [-0.2, 0) is 24.4 Å².